The van der Waals surface area contributed by atoms with Crippen molar-refractivity contribution in [1.82, 2.24) is 4.90 Å². The summed E-state index contributed by atoms with van der Waals surface area (Å²) < 4.78 is 13.7. The molecule has 0 unspecified atom stereocenters. The Balaban J connectivity index is 2.16. The molecule has 0 spiro atoms. The molecule has 0 aromatic heterocycles. The van der Waals surface area contributed by atoms with Crippen molar-refractivity contribution in [3.63, 3.8) is 0 Å². The zero-order valence-corrected chi connectivity index (χ0v) is 12.0. The van der Waals surface area contributed by atoms with Gasteiger partial charge >= 0.3 is 0 Å². The van der Waals surface area contributed by atoms with Gasteiger partial charge in [-0.3, -0.25) is 4.79 Å². The Morgan fingerprint density at radius 3 is 2.30 bits per heavy atom. The van der Waals surface area contributed by atoms with Gasteiger partial charge in [0.2, 0.25) is 0 Å². The van der Waals surface area contributed by atoms with Crippen molar-refractivity contribution in [1.29, 1.82) is 0 Å². The van der Waals surface area contributed by atoms with E-state index in [9.17, 15) is 9.18 Å². The molecule has 0 aliphatic rings. The van der Waals surface area contributed by atoms with E-state index in [4.69, 9.17) is 0 Å². The lowest BCUT2D eigenvalue weighted by atomic mass is 10.1. The molecule has 1 amide bonds. The summed E-state index contributed by atoms with van der Waals surface area (Å²) in [6, 6.07) is 12.5. The summed E-state index contributed by atoms with van der Waals surface area (Å²) in [5.41, 5.74) is 3.20. The highest BCUT2D eigenvalue weighted by molar-refractivity contribution is 5.94. The Bertz CT molecular complexity index is 619. The van der Waals surface area contributed by atoms with E-state index in [0.717, 1.165) is 11.1 Å². The molecule has 0 heterocycles. The SMILES string of the molecule is Cc1ccc(CN(C)C(=O)c2cc(C)ccc2F)cc1. The molecule has 3 heteroatoms. The molecule has 0 saturated heterocycles. The van der Waals surface area contributed by atoms with Crippen LogP contribution in [-0.2, 0) is 6.54 Å². The van der Waals surface area contributed by atoms with Crippen molar-refractivity contribution in [3.8, 4) is 0 Å². The lowest BCUT2D eigenvalue weighted by molar-refractivity contribution is 0.0780. The predicted molar refractivity (Wildman–Crippen MR) is 78.1 cm³/mol. The summed E-state index contributed by atoms with van der Waals surface area (Å²) in [6.45, 7) is 4.32. The molecule has 20 heavy (non-hydrogen) atoms. The highest BCUT2D eigenvalue weighted by atomic mass is 19.1. The molecule has 0 aliphatic carbocycles. The van der Waals surface area contributed by atoms with E-state index < -0.39 is 5.82 Å². The van der Waals surface area contributed by atoms with E-state index in [1.54, 1.807) is 19.2 Å². The molecule has 2 aromatic carbocycles. The van der Waals surface area contributed by atoms with Gasteiger partial charge in [-0.15, -0.1) is 0 Å². The molecule has 0 N–H and O–H groups in total. The third-order valence-corrected chi connectivity index (χ3v) is 3.24. The monoisotopic (exact) mass is 271 g/mol. The molecule has 2 rings (SSSR count). The van der Waals surface area contributed by atoms with Crippen LogP contribution >= 0.6 is 0 Å². The van der Waals surface area contributed by atoms with Gasteiger partial charge < -0.3 is 4.90 Å². The van der Waals surface area contributed by atoms with Crippen molar-refractivity contribution in [2.45, 2.75) is 20.4 Å². The molecule has 0 aliphatic heterocycles. The molecule has 0 atom stereocenters. The zero-order chi connectivity index (χ0) is 14.7. The summed E-state index contributed by atoms with van der Waals surface area (Å²) >= 11 is 0. The average Bonchev–Trinajstić information content (AvgIpc) is 2.43. The molecule has 2 aromatic rings. The fourth-order valence-corrected chi connectivity index (χ4v) is 2.05. The van der Waals surface area contributed by atoms with Gasteiger partial charge in [0.1, 0.15) is 5.82 Å². The van der Waals surface area contributed by atoms with E-state index in [1.807, 2.05) is 38.1 Å². The molecule has 104 valence electrons. The Hall–Kier alpha value is -2.16. The minimum absolute atomic E-state index is 0.125. The Labute approximate surface area is 118 Å². The number of benzene rings is 2. The lowest BCUT2D eigenvalue weighted by Gasteiger charge is -2.18. The fourth-order valence-electron chi connectivity index (χ4n) is 2.05. The number of amides is 1. The number of hydrogen-bond donors (Lipinski definition) is 0. The summed E-state index contributed by atoms with van der Waals surface area (Å²) in [5.74, 6) is -0.775. The van der Waals surface area contributed by atoms with Gasteiger partial charge in [0.25, 0.3) is 5.91 Å². The van der Waals surface area contributed by atoms with Crippen molar-refractivity contribution in [3.05, 3.63) is 70.5 Å². The molecule has 0 saturated carbocycles. The quantitative estimate of drug-likeness (QED) is 0.833. The van der Waals surface area contributed by atoms with E-state index in [2.05, 4.69) is 0 Å². The molecule has 2 nitrogen and oxygen atoms in total. The first-order valence-corrected chi connectivity index (χ1v) is 6.54. The van der Waals surface area contributed by atoms with Crippen LogP contribution in [0.5, 0.6) is 0 Å². The number of nitrogens with zero attached hydrogens (tertiary/aromatic N) is 1. The van der Waals surface area contributed by atoms with E-state index in [1.165, 1.54) is 16.5 Å². The number of carbonyl (C=O) groups is 1. The van der Waals surface area contributed by atoms with Crippen molar-refractivity contribution in [2.75, 3.05) is 7.05 Å². The van der Waals surface area contributed by atoms with Crippen LogP contribution in [0.4, 0.5) is 4.39 Å². The number of carbonyl (C=O) groups excluding carboxylic acids is 1. The first kappa shape index (κ1) is 14.3. The van der Waals surface area contributed by atoms with Crippen molar-refractivity contribution < 1.29 is 9.18 Å². The number of rotatable bonds is 3. The van der Waals surface area contributed by atoms with Crippen LogP contribution in [0.1, 0.15) is 27.0 Å². The third kappa shape index (κ3) is 3.23. The van der Waals surface area contributed by atoms with Crippen LogP contribution < -0.4 is 0 Å². The Morgan fingerprint density at radius 1 is 1.05 bits per heavy atom. The molecule has 0 radical (unpaired) electrons. The van der Waals surface area contributed by atoms with Gasteiger partial charge in [0, 0.05) is 13.6 Å². The zero-order valence-electron chi connectivity index (χ0n) is 12.0. The Morgan fingerprint density at radius 2 is 1.65 bits per heavy atom. The second-order valence-electron chi connectivity index (χ2n) is 5.13. The summed E-state index contributed by atoms with van der Waals surface area (Å²) in [4.78, 5) is 13.8. The smallest absolute Gasteiger partial charge is 0.256 e. The minimum Gasteiger partial charge on any atom is -0.337 e. The topological polar surface area (TPSA) is 20.3 Å². The van der Waals surface area contributed by atoms with Crippen LogP contribution in [0.3, 0.4) is 0 Å². The largest absolute Gasteiger partial charge is 0.337 e. The van der Waals surface area contributed by atoms with E-state index in [0.29, 0.717) is 6.54 Å². The van der Waals surface area contributed by atoms with Gasteiger partial charge in [-0.05, 0) is 31.5 Å². The van der Waals surface area contributed by atoms with Crippen LogP contribution in [0.25, 0.3) is 0 Å². The summed E-state index contributed by atoms with van der Waals surface area (Å²) in [6.07, 6.45) is 0. The predicted octanol–water partition coefficient (Wildman–Crippen LogP) is 3.71. The second-order valence-corrected chi connectivity index (χ2v) is 5.13. The first-order chi connectivity index (χ1) is 9.47. The standard InChI is InChI=1S/C17H18FNO/c1-12-4-7-14(8-5-12)11-19(3)17(20)15-10-13(2)6-9-16(15)18/h4-10H,11H2,1-3H3. The highest BCUT2D eigenvalue weighted by Gasteiger charge is 2.16. The van der Waals surface area contributed by atoms with Crippen LogP contribution in [0, 0.1) is 19.7 Å². The van der Waals surface area contributed by atoms with Crippen LogP contribution in [0.2, 0.25) is 0 Å². The highest BCUT2D eigenvalue weighted by Crippen LogP contribution is 2.14. The van der Waals surface area contributed by atoms with Crippen LogP contribution in [-0.4, -0.2) is 17.9 Å². The molecular weight excluding hydrogens is 253 g/mol. The lowest BCUT2D eigenvalue weighted by Crippen LogP contribution is -2.27. The van der Waals surface area contributed by atoms with Crippen molar-refractivity contribution in [2.24, 2.45) is 0 Å². The van der Waals surface area contributed by atoms with E-state index >= 15 is 0 Å². The first-order valence-electron chi connectivity index (χ1n) is 6.54. The number of halogens is 1. The van der Waals surface area contributed by atoms with Crippen LogP contribution in [0.15, 0.2) is 42.5 Å². The number of aryl methyl sites for hydroxylation is 2. The molecule has 0 fully saturated rings. The average molecular weight is 271 g/mol. The molecule has 0 bridgehead atoms. The fraction of sp³-hybridized carbons (Fsp3) is 0.235. The third-order valence-electron chi connectivity index (χ3n) is 3.24. The van der Waals surface area contributed by atoms with Gasteiger partial charge in [-0.2, -0.15) is 0 Å². The Kier molecular flexibility index (Phi) is 4.18. The summed E-state index contributed by atoms with van der Waals surface area (Å²) in [7, 11) is 1.68. The van der Waals surface area contributed by atoms with Gasteiger partial charge in [-0.1, -0.05) is 41.5 Å². The maximum absolute atomic E-state index is 13.7. The molecular formula is C17H18FNO. The number of hydrogen-bond acceptors (Lipinski definition) is 1. The second kappa shape index (κ2) is 5.87. The van der Waals surface area contributed by atoms with Gasteiger partial charge in [-0.25, -0.2) is 4.39 Å². The summed E-state index contributed by atoms with van der Waals surface area (Å²) in [5, 5.41) is 0. The van der Waals surface area contributed by atoms with Gasteiger partial charge in [0.05, 0.1) is 5.56 Å². The normalized spacial score (nSPS) is 10.4. The maximum Gasteiger partial charge on any atom is 0.256 e. The van der Waals surface area contributed by atoms with Crippen molar-refractivity contribution >= 4 is 5.91 Å². The minimum atomic E-state index is -0.476. The van der Waals surface area contributed by atoms with Gasteiger partial charge in [0.15, 0.2) is 0 Å². The van der Waals surface area contributed by atoms with E-state index in [-0.39, 0.29) is 11.5 Å². The maximum atomic E-state index is 13.7.